The number of nitrogens with two attached hydrogens (primary N) is 1. The van der Waals surface area contributed by atoms with E-state index in [2.05, 4.69) is 5.32 Å². The summed E-state index contributed by atoms with van der Waals surface area (Å²) in [5.41, 5.74) is 6.01. The first kappa shape index (κ1) is 13.1. The molecule has 2 rings (SSSR count). The highest BCUT2D eigenvalue weighted by molar-refractivity contribution is 5.79. The predicted octanol–water partition coefficient (Wildman–Crippen LogP) is 2.28. The van der Waals surface area contributed by atoms with E-state index in [-0.39, 0.29) is 23.9 Å². The molecule has 18 heavy (non-hydrogen) atoms. The number of amides is 1. The van der Waals surface area contributed by atoms with Crippen molar-refractivity contribution in [2.45, 2.75) is 51.6 Å². The highest BCUT2D eigenvalue weighted by Gasteiger charge is 2.29. The third-order valence-electron chi connectivity index (χ3n) is 3.70. The molecule has 1 amide bonds. The molecule has 0 aliphatic heterocycles. The third-order valence-corrected chi connectivity index (χ3v) is 3.70. The Morgan fingerprint density at radius 2 is 2.17 bits per heavy atom. The van der Waals surface area contributed by atoms with Crippen molar-refractivity contribution < 1.29 is 9.21 Å². The van der Waals surface area contributed by atoms with Gasteiger partial charge in [-0.15, -0.1) is 0 Å². The molecule has 1 aliphatic rings. The van der Waals surface area contributed by atoms with Crippen molar-refractivity contribution in [1.29, 1.82) is 0 Å². The van der Waals surface area contributed by atoms with E-state index in [4.69, 9.17) is 10.2 Å². The number of furan rings is 1. The van der Waals surface area contributed by atoms with Gasteiger partial charge in [-0.25, -0.2) is 0 Å². The molecule has 1 aliphatic carbocycles. The lowest BCUT2D eigenvalue weighted by Crippen LogP contribution is -2.44. The molecule has 1 aromatic rings. The van der Waals surface area contributed by atoms with Gasteiger partial charge in [-0.3, -0.25) is 4.79 Å². The Balaban J connectivity index is 1.94. The Kier molecular flexibility index (Phi) is 4.07. The van der Waals surface area contributed by atoms with E-state index >= 15 is 0 Å². The second-order valence-electron chi connectivity index (χ2n) is 5.23. The first-order valence-corrected chi connectivity index (χ1v) is 6.70. The van der Waals surface area contributed by atoms with Crippen LogP contribution in [0, 0.1) is 12.8 Å². The lowest BCUT2D eigenvalue weighted by molar-refractivity contribution is -0.127. The molecular weight excluding hydrogens is 228 g/mol. The summed E-state index contributed by atoms with van der Waals surface area (Å²) in [6, 6.07) is 3.72. The fraction of sp³-hybridized carbons (Fsp3) is 0.643. The van der Waals surface area contributed by atoms with Crippen LogP contribution in [0.3, 0.4) is 0 Å². The van der Waals surface area contributed by atoms with Gasteiger partial charge in [-0.2, -0.15) is 0 Å². The third kappa shape index (κ3) is 2.93. The smallest absolute Gasteiger partial charge is 0.225 e. The second kappa shape index (κ2) is 5.57. The lowest BCUT2D eigenvalue weighted by atomic mass is 9.84. The molecule has 100 valence electrons. The summed E-state index contributed by atoms with van der Waals surface area (Å²) in [5, 5.41) is 3.00. The molecular formula is C14H22N2O2. The summed E-state index contributed by atoms with van der Waals surface area (Å²) in [5.74, 6) is 1.67. The zero-order chi connectivity index (χ0) is 13.1. The maximum atomic E-state index is 12.2. The van der Waals surface area contributed by atoms with E-state index < -0.39 is 0 Å². The SMILES string of the molecule is Cc1ccc(C(C)NC(=O)C2CCCCC2N)o1. The summed E-state index contributed by atoms with van der Waals surface area (Å²) in [4.78, 5) is 12.2. The van der Waals surface area contributed by atoms with Crippen molar-refractivity contribution in [3.05, 3.63) is 23.7 Å². The second-order valence-corrected chi connectivity index (χ2v) is 5.23. The average molecular weight is 250 g/mol. The molecule has 3 N–H and O–H groups in total. The molecule has 0 bridgehead atoms. The summed E-state index contributed by atoms with van der Waals surface area (Å²) >= 11 is 0. The van der Waals surface area contributed by atoms with E-state index in [1.165, 1.54) is 0 Å². The first-order chi connectivity index (χ1) is 8.58. The fourth-order valence-corrected chi connectivity index (χ4v) is 2.56. The van der Waals surface area contributed by atoms with Gasteiger partial charge in [0.1, 0.15) is 11.5 Å². The number of nitrogens with one attached hydrogen (secondary N) is 1. The molecule has 1 aromatic heterocycles. The molecule has 0 saturated heterocycles. The minimum atomic E-state index is -0.0969. The van der Waals surface area contributed by atoms with Gasteiger partial charge in [0, 0.05) is 6.04 Å². The van der Waals surface area contributed by atoms with E-state index in [9.17, 15) is 4.79 Å². The molecule has 4 nitrogen and oxygen atoms in total. The maximum Gasteiger partial charge on any atom is 0.225 e. The van der Waals surface area contributed by atoms with Crippen LogP contribution >= 0.6 is 0 Å². The van der Waals surface area contributed by atoms with Crippen LogP contribution in [0.4, 0.5) is 0 Å². The van der Waals surface area contributed by atoms with Crippen LogP contribution in [0.1, 0.15) is 50.2 Å². The molecule has 1 fully saturated rings. The van der Waals surface area contributed by atoms with Crippen molar-refractivity contribution in [3.63, 3.8) is 0 Å². The fourth-order valence-electron chi connectivity index (χ4n) is 2.56. The summed E-state index contributed by atoms with van der Waals surface area (Å²) < 4.78 is 5.51. The first-order valence-electron chi connectivity index (χ1n) is 6.70. The Morgan fingerprint density at radius 3 is 2.78 bits per heavy atom. The highest BCUT2D eigenvalue weighted by atomic mass is 16.3. The van der Waals surface area contributed by atoms with Crippen molar-refractivity contribution in [2.24, 2.45) is 11.7 Å². The van der Waals surface area contributed by atoms with Crippen LogP contribution in [0.5, 0.6) is 0 Å². The standard InChI is InChI=1S/C14H22N2O2/c1-9-7-8-13(18-9)10(2)16-14(17)11-5-3-4-6-12(11)15/h7-8,10-12H,3-6,15H2,1-2H3,(H,16,17). The Morgan fingerprint density at radius 1 is 1.44 bits per heavy atom. The van der Waals surface area contributed by atoms with Gasteiger partial charge < -0.3 is 15.5 Å². The van der Waals surface area contributed by atoms with Gasteiger partial charge in [-0.05, 0) is 38.8 Å². The van der Waals surface area contributed by atoms with Gasteiger partial charge in [0.05, 0.1) is 12.0 Å². The van der Waals surface area contributed by atoms with Crippen molar-refractivity contribution >= 4 is 5.91 Å². The number of carbonyl (C=O) groups is 1. The number of aryl methyl sites for hydroxylation is 1. The van der Waals surface area contributed by atoms with E-state index in [1.54, 1.807) is 0 Å². The van der Waals surface area contributed by atoms with Gasteiger partial charge in [0.2, 0.25) is 5.91 Å². The quantitative estimate of drug-likeness (QED) is 0.864. The Hall–Kier alpha value is -1.29. The number of hydrogen-bond acceptors (Lipinski definition) is 3. The van der Waals surface area contributed by atoms with Gasteiger partial charge in [0.15, 0.2) is 0 Å². The van der Waals surface area contributed by atoms with E-state index in [0.717, 1.165) is 37.2 Å². The van der Waals surface area contributed by atoms with Crippen LogP contribution in [-0.4, -0.2) is 11.9 Å². The molecule has 1 heterocycles. The monoisotopic (exact) mass is 250 g/mol. The van der Waals surface area contributed by atoms with Crippen LogP contribution < -0.4 is 11.1 Å². The maximum absolute atomic E-state index is 12.2. The molecule has 0 aromatic carbocycles. The van der Waals surface area contributed by atoms with Crippen LogP contribution in [0.15, 0.2) is 16.5 Å². The van der Waals surface area contributed by atoms with Gasteiger partial charge in [-0.1, -0.05) is 12.8 Å². The van der Waals surface area contributed by atoms with Crippen molar-refractivity contribution in [1.82, 2.24) is 5.32 Å². The highest BCUT2D eigenvalue weighted by Crippen LogP contribution is 2.24. The lowest BCUT2D eigenvalue weighted by Gasteiger charge is -2.28. The largest absolute Gasteiger partial charge is 0.464 e. The average Bonchev–Trinajstić information content (AvgIpc) is 2.76. The minimum Gasteiger partial charge on any atom is -0.464 e. The minimum absolute atomic E-state index is 0.00397. The van der Waals surface area contributed by atoms with E-state index in [0.29, 0.717) is 0 Å². The Bertz CT molecular complexity index is 414. The predicted molar refractivity (Wildman–Crippen MR) is 69.9 cm³/mol. The molecule has 1 saturated carbocycles. The number of hydrogen-bond donors (Lipinski definition) is 2. The summed E-state index contributed by atoms with van der Waals surface area (Å²) in [6.45, 7) is 3.83. The van der Waals surface area contributed by atoms with E-state index in [1.807, 2.05) is 26.0 Å². The molecule has 3 unspecified atom stereocenters. The number of carbonyl (C=O) groups excluding carboxylic acids is 1. The molecule has 0 radical (unpaired) electrons. The topological polar surface area (TPSA) is 68.3 Å². The normalized spacial score (nSPS) is 25.7. The van der Waals surface area contributed by atoms with Crippen LogP contribution in [-0.2, 0) is 4.79 Å². The van der Waals surface area contributed by atoms with Crippen LogP contribution in [0.2, 0.25) is 0 Å². The Labute approximate surface area is 108 Å². The van der Waals surface area contributed by atoms with Gasteiger partial charge >= 0.3 is 0 Å². The number of rotatable bonds is 3. The zero-order valence-corrected chi connectivity index (χ0v) is 11.1. The molecule has 4 heteroatoms. The molecule has 3 atom stereocenters. The summed E-state index contributed by atoms with van der Waals surface area (Å²) in [6.07, 6.45) is 4.08. The van der Waals surface area contributed by atoms with Crippen molar-refractivity contribution in [3.8, 4) is 0 Å². The van der Waals surface area contributed by atoms with Gasteiger partial charge in [0.25, 0.3) is 0 Å². The van der Waals surface area contributed by atoms with Crippen LogP contribution in [0.25, 0.3) is 0 Å². The molecule has 0 spiro atoms. The zero-order valence-electron chi connectivity index (χ0n) is 11.1. The summed E-state index contributed by atoms with van der Waals surface area (Å²) in [7, 11) is 0. The van der Waals surface area contributed by atoms with Crippen molar-refractivity contribution in [2.75, 3.05) is 0 Å².